The van der Waals surface area contributed by atoms with Gasteiger partial charge in [-0.1, -0.05) is 6.92 Å². The van der Waals surface area contributed by atoms with E-state index in [-0.39, 0.29) is 5.54 Å². The van der Waals surface area contributed by atoms with E-state index in [1.807, 2.05) is 6.07 Å². The highest BCUT2D eigenvalue weighted by Gasteiger charge is 2.33. The second kappa shape index (κ2) is 5.52. The van der Waals surface area contributed by atoms with Gasteiger partial charge in [0.1, 0.15) is 12.1 Å². The maximum Gasteiger partial charge on any atom is 0.218 e. The first-order valence-corrected chi connectivity index (χ1v) is 6.52. The largest absolute Gasteiger partial charge is 0.481 e. The Morgan fingerprint density at radius 1 is 1.44 bits per heavy atom. The molecular formula is C13H22N4O. The summed E-state index contributed by atoms with van der Waals surface area (Å²) in [5, 5.41) is 3.48. The second-order valence-electron chi connectivity index (χ2n) is 5.24. The number of hydrogen-bond acceptors (Lipinski definition) is 5. The lowest BCUT2D eigenvalue weighted by molar-refractivity contribution is 0.271. The fourth-order valence-electron chi connectivity index (χ4n) is 2.49. The molecule has 1 heterocycles. The normalized spacial score (nSPS) is 27.8. The van der Waals surface area contributed by atoms with Crippen molar-refractivity contribution in [1.82, 2.24) is 9.97 Å². The summed E-state index contributed by atoms with van der Waals surface area (Å²) < 4.78 is 5.11. The fourth-order valence-corrected chi connectivity index (χ4v) is 2.49. The topological polar surface area (TPSA) is 73.1 Å². The van der Waals surface area contributed by atoms with E-state index >= 15 is 0 Å². The molecule has 0 aliphatic heterocycles. The van der Waals surface area contributed by atoms with Crippen LogP contribution < -0.4 is 15.8 Å². The van der Waals surface area contributed by atoms with Crippen molar-refractivity contribution < 1.29 is 4.74 Å². The molecule has 0 bridgehead atoms. The lowest BCUT2D eigenvalue weighted by Crippen LogP contribution is -2.48. The molecule has 0 amide bonds. The predicted molar refractivity (Wildman–Crippen MR) is 71.6 cm³/mol. The predicted octanol–water partition coefficient (Wildman–Crippen LogP) is 1.80. The molecule has 1 aliphatic carbocycles. The van der Waals surface area contributed by atoms with Crippen LogP contribution in [0.15, 0.2) is 12.4 Å². The van der Waals surface area contributed by atoms with Crippen molar-refractivity contribution in [3.8, 4) is 5.88 Å². The first-order chi connectivity index (χ1) is 8.67. The van der Waals surface area contributed by atoms with Gasteiger partial charge in [-0.3, -0.25) is 0 Å². The summed E-state index contributed by atoms with van der Waals surface area (Å²) in [5.74, 6) is 2.16. The van der Waals surface area contributed by atoms with E-state index in [0.29, 0.717) is 12.4 Å². The number of nitrogens with two attached hydrogens (primary N) is 1. The lowest BCUT2D eigenvalue weighted by atomic mass is 9.77. The Morgan fingerprint density at radius 2 is 2.17 bits per heavy atom. The minimum Gasteiger partial charge on any atom is -0.481 e. The van der Waals surface area contributed by atoms with E-state index < -0.39 is 0 Å². The smallest absolute Gasteiger partial charge is 0.218 e. The minimum atomic E-state index is -0.0219. The van der Waals surface area contributed by atoms with Crippen molar-refractivity contribution in [2.24, 2.45) is 11.7 Å². The zero-order valence-electron chi connectivity index (χ0n) is 11.1. The van der Waals surface area contributed by atoms with Crippen LogP contribution in [0.4, 0.5) is 5.82 Å². The van der Waals surface area contributed by atoms with Gasteiger partial charge in [-0.25, -0.2) is 9.97 Å². The fraction of sp³-hybridized carbons (Fsp3) is 0.692. The average molecular weight is 250 g/mol. The molecule has 5 nitrogen and oxygen atoms in total. The highest BCUT2D eigenvalue weighted by molar-refractivity contribution is 5.40. The maximum atomic E-state index is 5.96. The van der Waals surface area contributed by atoms with Gasteiger partial charge in [-0.05, 0) is 31.6 Å². The van der Waals surface area contributed by atoms with Crippen LogP contribution in [0.25, 0.3) is 0 Å². The van der Waals surface area contributed by atoms with Crippen molar-refractivity contribution >= 4 is 5.82 Å². The van der Waals surface area contributed by atoms with Gasteiger partial charge in [0.05, 0.1) is 12.6 Å². The Hall–Kier alpha value is -1.36. The lowest BCUT2D eigenvalue weighted by Gasteiger charge is -2.39. The molecule has 3 N–H and O–H groups in total. The third-order valence-electron chi connectivity index (χ3n) is 3.87. The van der Waals surface area contributed by atoms with E-state index in [2.05, 4.69) is 22.2 Å². The summed E-state index contributed by atoms with van der Waals surface area (Å²) >= 11 is 0. The van der Waals surface area contributed by atoms with E-state index in [0.717, 1.165) is 24.6 Å². The number of nitrogens with one attached hydrogen (secondary N) is 1. The molecule has 2 rings (SSSR count). The summed E-state index contributed by atoms with van der Waals surface area (Å²) in [6.45, 7) is 2.93. The quantitative estimate of drug-likeness (QED) is 0.852. The van der Waals surface area contributed by atoms with Crippen molar-refractivity contribution in [2.45, 2.75) is 38.1 Å². The Bertz CT molecular complexity index is 388. The summed E-state index contributed by atoms with van der Waals surface area (Å²) in [7, 11) is 1.60. The molecule has 1 fully saturated rings. The Balaban J connectivity index is 2.09. The molecule has 1 aromatic heterocycles. The number of hydrogen-bond donors (Lipinski definition) is 2. The summed E-state index contributed by atoms with van der Waals surface area (Å²) in [4.78, 5) is 8.24. The summed E-state index contributed by atoms with van der Waals surface area (Å²) in [6, 6.07) is 1.81. The first kappa shape index (κ1) is 13.1. The van der Waals surface area contributed by atoms with Crippen molar-refractivity contribution in [2.75, 3.05) is 19.0 Å². The van der Waals surface area contributed by atoms with Gasteiger partial charge >= 0.3 is 0 Å². The van der Waals surface area contributed by atoms with Gasteiger partial charge in [-0.15, -0.1) is 0 Å². The Labute approximate surface area is 108 Å². The van der Waals surface area contributed by atoms with E-state index in [1.54, 1.807) is 7.11 Å². The molecular weight excluding hydrogens is 228 g/mol. The van der Waals surface area contributed by atoms with E-state index in [9.17, 15) is 0 Å². The van der Waals surface area contributed by atoms with Gasteiger partial charge in [0.15, 0.2) is 0 Å². The highest BCUT2D eigenvalue weighted by atomic mass is 16.5. The molecule has 0 spiro atoms. The number of nitrogens with zero attached hydrogens (tertiary/aromatic N) is 2. The van der Waals surface area contributed by atoms with Gasteiger partial charge < -0.3 is 15.8 Å². The number of rotatable bonds is 4. The average Bonchev–Trinajstić information content (AvgIpc) is 2.42. The first-order valence-electron chi connectivity index (χ1n) is 6.52. The van der Waals surface area contributed by atoms with Gasteiger partial charge in [0, 0.05) is 12.6 Å². The third-order valence-corrected chi connectivity index (χ3v) is 3.87. The van der Waals surface area contributed by atoms with Crippen LogP contribution in [-0.2, 0) is 0 Å². The number of anilines is 1. The van der Waals surface area contributed by atoms with Crippen molar-refractivity contribution in [3.05, 3.63) is 12.4 Å². The molecule has 5 heteroatoms. The van der Waals surface area contributed by atoms with Crippen LogP contribution in [-0.4, -0.2) is 29.2 Å². The van der Waals surface area contributed by atoms with Crippen LogP contribution in [0.3, 0.4) is 0 Å². The molecule has 1 aliphatic rings. The van der Waals surface area contributed by atoms with Crippen LogP contribution in [0.5, 0.6) is 5.88 Å². The number of aromatic nitrogens is 2. The Morgan fingerprint density at radius 3 is 2.78 bits per heavy atom. The van der Waals surface area contributed by atoms with E-state index in [4.69, 9.17) is 10.5 Å². The molecule has 0 aromatic carbocycles. The van der Waals surface area contributed by atoms with Crippen LogP contribution in [0, 0.1) is 5.92 Å². The molecule has 100 valence electrons. The molecule has 1 aromatic rings. The second-order valence-corrected chi connectivity index (χ2v) is 5.24. The molecule has 18 heavy (non-hydrogen) atoms. The van der Waals surface area contributed by atoms with Crippen LogP contribution in [0.1, 0.15) is 32.6 Å². The zero-order valence-corrected chi connectivity index (χ0v) is 11.1. The summed E-state index contributed by atoms with van der Waals surface area (Å²) in [6.07, 6.45) is 6.13. The molecule has 1 saturated carbocycles. The van der Waals surface area contributed by atoms with Gasteiger partial charge in [-0.2, -0.15) is 0 Å². The molecule has 0 radical (unpaired) electrons. The van der Waals surface area contributed by atoms with E-state index in [1.165, 1.54) is 19.2 Å². The standard InChI is InChI=1S/C13H22N4O/c1-10-3-5-13(8-14,6-4-10)17-11-7-12(18-2)16-9-15-11/h7,9-10H,3-6,8,14H2,1-2H3,(H,15,16,17). The van der Waals surface area contributed by atoms with Crippen LogP contribution >= 0.6 is 0 Å². The van der Waals surface area contributed by atoms with Crippen molar-refractivity contribution in [1.29, 1.82) is 0 Å². The number of methoxy groups -OCH3 is 1. The highest BCUT2D eigenvalue weighted by Crippen LogP contribution is 2.33. The Kier molecular flexibility index (Phi) is 4.01. The van der Waals surface area contributed by atoms with Crippen LogP contribution in [0.2, 0.25) is 0 Å². The summed E-state index contributed by atoms with van der Waals surface area (Å²) in [5.41, 5.74) is 5.94. The number of ether oxygens (including phenoxy) is 1. The van der Waals surface area contributed by atoms with Crippen molar-refractivity contribution in [3.63, 3.8) is 0 Å². The zero-order chi connectivity index (χ0) is 13.0. The minimum absolute atomic E-state index is 0.0219. The third kappa shape index (κ3) is 2.90. The molecule has 0 atom stereocenters. The van der Waals surface area contributed by atoms with Gasteiger partial charge in [0.2, 0.25) is 5.88 Å². The molecule has 0 unspecified atom stereocenters. The monoisotopic (exact) mass is 250 g/mol. The molecule has 0 saturated heterocycles. The SMILES string of the molecule is COc1cc(NC2(CN)CCC(C)CC2)ncn1. The maximum absolute atomic E-state index is 5.96. The van der Waals surface area contributed by atoms with Gasteiger partial charge in [0.25, 0.3) is 0 Å².